The van der Waals surface area contributed by atoms with Crippen LogP contribution in [0.15, 0.2) is 30.6 Å². The van der Waals surface area contributed by atoms with E-state index >= 15 is 0 Å². The Labute approximate surface area is 113 Å². The first-order valence-corrected chi connectivity index (χ1v) is 6.95. The maximum absolute atomic E-state index is 9.25. The number of nitrogens with zero attached hydrogens (tertiary/aromatic N) is 3. The van der Waals surface area contributed by atoms with Gasteiger partial charge in [0, 0.05) is 12.4 Å². The Bertz CT molecular complexity index is 807. The lowest BCUT2D eigenvalue weighted by Crippen LogP contribution is -2.43. The van der Waals surface area contributed by atoms with E-state index in [1.54, 1.807) is 11.3 Å². The predicted octanol–water partition coefficient (Wildman–Crippen LogP) is 2.63. The molecule has 0 N–H and O–H groups in total. The second-order valence-electron chi connectivity index (χ2n) is 5.05. The van der Waals surface area contributed by atoms with E-state index in [0.29, 0.717) is 13.2 Å². The van der Waals surface area contributed by atoms with Crippen LogP contribution in [0.1, 0.15) is 5.56 Å². The first-order valence-electron chi connectivity index (χ1n) is 6.13. The zero-order chi connectivity index (χ0) is 12.9. The molecule has 1 aromatic carbocycles. The first kappa shape index (κ1) is 11.0. The lowest BCUT2D eigenvalue weighted by molar-refractivity contribution is -0.0765. The minimum absolute atomic E-state index is 0.314. The summed E-state index contributed by atoms with van der Waals surface area (Å²) in [5.41, 5.74) is 2.06. The van der Waals surface area contributed by atoms with Crippen LogP contribution >= 0.6 is 11.3 Å². The number of aromatic nitrogens is 2. The number of benzene rings is 1. The van der Waals surface area contributed by atoms with E-state index in [1.165, 1.54) is 15.8 Å². The molecule has 4 nitrogen and oxygen atoms in total. The van der Waals surface area contributed by atoms with E-state index < -0.39 is 0 Å². The van der Waals surface area contributed by atoms with Gasteiger partial charge in [0.1, 0.15) is 5.41 Å². The number of nitriles is 1. The molecule has 0 amide bonds. The fourth-order valence-electron chi connectivity index (χ4n) is 2.54. The summed E-state index contributed by atoms with van der Waals surface area (Å²) in [5.74, 6) is 0. The summed E-state index contributed by atoms with van der Waals surface area (Å²) < 4.78 is 8.50. The fourth-order valence-corrected chi connectivity index (χ4v) is 3.59. The van der Waals surface area contributed by atoms with Gasteiger partial charge in [-0.2, -0.15) is 5.26 Å². The average molecular weight is 269 g/mol. The third-order valence-corrected chi connectivity index (χ3v) is 4.66. The number of fused-ring (bicyclic) bond motifs is 3. The lowest BCUT2D eigenvalue weighted by Gasteiger charge is -2.35. The number of rotatable bonds is 2. The molecule has 3 aromatic rings. The minimum Gasteiger partial charge on any atom is -0.378 e. The average Bonchev–Trinajstić information content (AvgIpc) is 2.93. The SMILES string of the molecule is N#CC1(Cc2ccc3c(c2)sc2nccn23)COC1. The summed E-state index contributed by atoms with van der Waals surface area (Å²) in [7, 11) is 0. The molecule has 2 aromatic heterocycles. The van der Waals surface area contributed by atoms with Gasteiger partial charge in [0.15, 0.2) is 4.96 Å². The summed E-state index contributed by atoms with van der Waals surface area (Å²) in [6.45, 7) is 1.10. The number of hydrogen-bond acceptors (Lipinski definition) is 4. The monoisotopic (exact) mass is 269 g/mol. The molecule has 0 unspecified atom stereocenters. The standard InChI is InChI=1S/C14H11N3OS/c15-7-14(8-18-9-14)6-10-1-2-11-12(5-10)19-13-16-3-4-17(11)13/h1-5H,6,8-9H2. The molecule has 0 bridgehead atoms. The zero-order valence-electron chi connectivity index (χ0n) is 10.2. The Morgan fingerprint density at radius 1 is 1.47 bits per heavy atom. The zero-order valence-corrected chi connectivity index (χ0v) is 11.0. The maximum Gasteiger partial charge on any atom is 0.194 e. The normalized spacial score (nSPS) is 17.4. The molecule has 1 aliphatic rings. The minimum atomic E-state index is -0.314. The van der Waals surface area contributed by atoms with E-state index in [9.17, 15) is 5.26 Å². The quantitative estimate of drug-likeness (QED) is 0.718. The highest BCUT2D eigenvalue weighted by atomic mass is 32.1. The Kier molecular flexibility index (Phi) is 2.19. The molecule has 1 saturated heterocycles. The molecule has 0 atom stereocenters. The summed E-state index contributed by atoms with van der Waals surface area (Å²) in [6.07, 6.45) is 4.56. The van der Waals surface area contributed by atoms with Gasteiger partial charge in [-0.25, -0.2) is 4.98 Å². The van der Waals surface area contributed by atoms with Crippen molar-refractivity contribution in [1.29, 1.82) is 5.26 Å². The second-order valence-corrected chi connectivity index (χ2v) is 6.05. The van der Waals surface area contributed by atoms with Crippen molar-refractivity contribution in [3.05, 3.63) is 36.2 Å². The second kappa shape index (κ2) is 3.80. The predicted molar refractivity (Wildman–Crippen MR) is 73.1 cm³/mol. The Balaban J connectivity index is 1.77. The third kappa shape index (κ3) is 1.57. The number of hydrogen-bond donors (Lipinski definition) is 0. The molecular formula is C14H11N3OS. The van der Waals surface area contributed by atoms with E-state index in [-0.39, 0.29) is 5.41 Å². The Morgan fingerprint density at radius 3 is 3.11 bits per heavy atom. The number of ether oxygens (including phenoxy) is 1. The van der Waals surface area contributed by atoms with Crippen LogP contribution in [-0.2, 0) is 11.2 Å². The number of imidazole rings is 1. The van der Waals surface area contributed by atoms with Crippen LogP contribution in [0.4, 0.5) is 0 Å². The van der Waals surface area contributed by atoms with Gasteiger partial charge in [-0.3, -0.25) is 4.40 Å². The van der Waals surface area contributed by atoms with Crippen molar-refractivity contribution in [2.24, 2.45) is 5.41 Å². The van der Waals surface area contributed by atoms with Crippen molar-refractivity contribution < 1.29 is 4.74 Å². The van der Waals surface area contributed by atoms with Gasteiger partial charge in [0.25, 0.3) is 0 Å². The first-order chi connectivity index (χ1) is 9.30. The highest BCUT2D eigenvalue weighted by molar-refractivity contribution is 7.23. The van der Waals surface area contributed by atoms with Crippen LogP contribution in [-0.4, -0.2) is 22.6 Å². The summed E-state index contributed by atoms with van der Waals surface area (Å²) in [4.78, 5) is 5.32. The van der Waals surface area contributed by atoms with Gasteiger partial charge < -0.3 is 4.74 Å². The topological polar surface area (TPSA) is 50.3 Å². The largest absolute Gasteiger partial charge is 0.378 e. The van der Waals surface area contributed by atoms with Crippen LogP contribution in [0.2, 0.25) is 0 Å². The summed E-state index contributed by atoms with van der Waals surface area (Å²) in [5, 5.41) is 9.25. The molecule has 0 aliphatic carbocycles. The molecular weight excluding hydrogens is 258 g/mol. The molecule has 5 heteroatoms. The van der Waals surface area contributed by atoms with Crippen LogP contribution < -0.4 is 0 Å². The van der Waals surface area contributed by atoms with Crippen LogP contribution in [0, 0.1) is 16.7 Å². The molecule has 3 heterocycles. The number of thiazole rings is 1. The highest BCUT2D eigenvalue weighted by Gasteiger charge is 2.39. The van der Waals surface area contributed by atoms with Crippen molar-refractivity contribution in [3.63, 3.8) is 0 Å². The third-order valence-electron chi connectivity index (χ3n) is 3.63. The van der Waals surface area contributed by atoms with Gasteiger partial charge >= 0.3 is 0 Å². The van der Waals surface area contributed by atoms with E-state index in [4.69, 9.17) is 4.74 Å². The fraction of sp³-hybridized carbons (Fsp3) is 0.286. The molecule has 0 spiro atoms. The van der Waals surface area contributed by atoms with Gasteiger partial charge in [0.05, 0.1) is 29.5 Å². The molecule has 1 aliphatic heterocycles. The molecule has 4 rings (SSSR count). The van der Waals surface area contributed by atoms with Crippen LogP contribution in [0.25, 0.3) is 15.2 Å². The maximum atomic E-state index is 9.25. The van der Waals surface area contributed by atoms with E-state index in [1.807, 2.05) is 12.4 Å². The molecule has 1 fully saturated rings. The van der Waals surface area contributed by atoms with Gasteiger partial charge in [-0.1, -0.05) is 17.4 Å². The Morgan fingerprint density at radius 2 is 2.37 bits per heavy atom. The summed E-state index contributed by atoms with van der Waals surface area (Å²) >= 11 is 1.68. The van der Waals surface area contributed by atoms with Crippen LogP contribution in [0.3, 0.4) is 0 Å². The lowest BCUT2D eigenvalue weighted by atomic mass is 9.81. The van der Waals surface area contributed by atoms with Gasteiger partial charge in [-0.05, 0) is 24.1 Å². The van der Waals surface area contributed by atoms with Gasteiger partial charge in [-0.15, -0.1) is 0 Å². The van der Waals surface area contributed by atoms with Crippen LogP contribution in [0.5, 0.6) is 0 Å². The van der Waals surface area contributed by atoms with Crippen molar-refractivity contribution >= 4 is 26.5 Å². The van der Waals surface area contributed by atoms with Crippen molar-refractivity contribution in [2.75, 3.05) is 13.2 Å². The van der Waals surface area contributed by atoms with Crippen molar-refractivity contribution in [3.8, 4) is 6.07 Å². The Hall–Kier alpha value is -1.90. The summed E-state index contributed by atoms with van der Waals surface area (Å²) in [6, 6.07) is 8.78. The van der Waals surface area contributed by atoms with E-state index in [0.717, 1.165) is 11.4 Å². The van der Waals surface area contributed by atoms with Crippen molar-refractivity contribution in [1.82, 2.24) is 9.38 Å². The smallest absolute Gasteiger partial charge is 0.194 e. The molecule has 94 valence electrons. The molecule has 0 saturated carbocycles. The molecule has 0 radical (unpaired) electrons. The molecule has 19 heavy (non-hydrogen) atoms. The highest BCUT2D eigenvalue weighted by Crippen LogP contribution is 2.33. The van der Waals surface area contributed by atoms with Crippen molar-refractivity contribution in [2.45, 2.75) is 6.42 Å². The van der Waals surface area contributed by atoms with E-state index in [2.05, 4.69) is 33.7 Å². The van der Waals surface area contributed by atoms with Gasteiger partial charge in [0.2, 0.25) is 0 Å².